The lowest BCUT2D eigenvalue weighted by molar-refractivity contribution is 0.0497. The summed E-state index contributed by atoms with van der Waals surface area (Å²) in [7, 11) is 1.61. The van der Waals surface area contributed by atoms with Crippen LogP contribution in [0.2, 0.25) is 0 Å². The van der Waals surface area contributed by atoms with Crippen LogP contribution in [0.3, 0.4) is 0 Å². The molecule has 0 aliphatic rings. The number of alkyl halides is 3. The number of aromatic nitrogens is 2. The summed E-state index contributed by atoms with van der Waals surface area (Å²) >= 11 is 4.83. The first kappa shape index (κ1) is 10.4. The molecule has 1 unspecified atom stereocenters. The summed E-state index contributed by atoms with van der Waals surface area (Å²) in [5.41, 5.74) is 2.18. The van der Waals surface area contributed by atoms with Gasteiger partial charge in [0.15, 0.2) is 0 Å². The molecule has 0 amide bonds. The van der Waals surface area contributed by atoms with Crippen molar-refractivity contribution in [2.24, 2.45) is 12.9 Å². The molecule has 0 fully saturated rings. The maximum atomic E-state index is 12.7. The fourth-order valence-corrected chi connectivity index (χ4v) is 1.16. The molecule has 0 saturated carbocycles. The summed E-state index contributed by atoms with van der Waals surface area (Å²) < 4.78 is 26.7. The summed E-state index contributed by atoms with van der Waals surface area (Å²) in [4.78, 5) is 0. The third-order valence-corrected chi connectivity index (χ3v) is 1.77. The lowest BCUT2D eigenvalue weighted by atomic mass is 10.2. The summed E-state index contributed by atoms with van der Waals surface area (Å²) in [6, 6.07) is -1.43. The Morgan fingerprint density at radius 3 is 2.69 bits per heavy atom. The molecule has 74 valence electrons. The van der Waals surface area contributed by atoms with Crippen molar-refractivity contribution >= 4 is 11.6 Å². The number of hydrogen-bond donors (Lipinski definition) is 2. The lowest BCUT2D eigenvalue weighted by Crippen LogP contribution is -2.37. The molecule has 0 aliphatic heterocycles. The van der Waals surface area contributed by atoms with Crippen molar-refractivity contribution in [1.29, 1.82) is 0 Å². The van der Waals surface area contributed by atoms with Crippen molar-refractivity contribution in [1.82, 2.24) is 15.2 Å². The van der Waals surface area contributed by atoms with Gasteiger partial charge in [0.2, 0.25) is 0 Å². The number of hydrazine groups is 1. The van der Waals surface area contributed by atoms with Gasteiger partial charge in [0.25, 0.3) is 0 Å². The maximum absolute atomic E-state index is 12.7. The molecular weight excluding hydrogens is 202 g/mol. The first-order valence-corrected chi connectivity index (χ1v) is 3.84. The molecule has 1 aromatic heterocycles. The number of halogens is 3. The van der Waals surface area contributed by atoms with E-state index in [0.717, 1.165) is 0 Å². The van der Waals surface area contributed by atoms with Gasteiger partial charge in [-0.3, -0.25) is 10.5 Å². The number of hydrogen-bond acceptors (Lipinski definition) is 3. The second-order valence-corrected chi connectivity index (χ2v) is 3.09. The molecule has 1 atom stereocenters. The minimum Gasteiger partial charge on any atom is -0.275 e. The normalized spacial score (nSPS) is 14.5. The first-order chi connectivity index (χ1) is 5.95. The van der Waals surface area contributed by atoms with Gasteiger partial charge in [0, 0.05) is 18.8 Å². The van der Waals surface area contributed by atoms with Gasteiger partial charge in [-0.15, -0.1) is 0 Å². The number of nitrogens with two attached hydrogens (primary N) is 1. The molecule has 0 aliphatic carbocycles. The molecule has 7 heteroatoms. The Labute approximate surface area is 78.6 Å². The molecule has 4 nitrogen and oxygen atoms in total. The highest BCUT2D eigenvalue weighted by Crippen LogP contribution is 2.33. The minimum atomic E-state index is -3.43. The van der Waals surface area contributed by atoms with E-state index in [1.807, 2.05) is 5.43 Å². The highest BCUT2D eigenvalue weighted by atomic mass is 35.5. The van der Waals surface area contributed by atoms with Crippen LogP contribution in [0.5, 0.6) is 0 Å². The Hall–Kier alpha value is -0.720. The highest BCUT2D eigenvalue weighted by molar-refractivity contribution is 6.22. The Bertz CT molecular complexity index is 282. The Kier molecular flexibility index (Phi) is 2.84. The predicted octanol–water partition coefficient (Wildman–Crippen LogP) is 0.756. The van der Waals surface area contributed by atoms with Gasteiger partial charge in [-0.1, -0.05) is 0 Å². The smallest absolute Gasteiger partial charge is 0.275 e. The van der Waals surface area contributed by atoms with Crippen LogP contribution in [-0.4, -0.2) is 15.2 Å². The topological polar surface area (TPSA) is 55.9 Å². The zero-order chi connectivity index (χ0) is 10.1. The van der Waals surface area contributed by atoms with E-state index in [1.54, 1.807) is 7.05 Å². The first-order valence-electron chi connectivity index (χ1n) is 3.46. The van der Waals surface area contributed by atoms with Crippen LogP contribution in [-0.2, 0) is 7.05 Å². The second kappa shape index (κ2) is 3.57. The number of nitrogens with zero attached hydrogens (tertiary/aromatic N) is 2. The van der Waals surface area contributed by atoms with E-state index in [9.17, 15) is 8.78 Å². The van der Waals surface area contributed by atoms with Gasteiger partial charge in [-0.2, -0.15) is 13.9 Å². The van der Waals surface area contributed by atoms with Gasteiger partial charge in [0.1, 0.15) is 6.04 Å². The molecule has 0 aromatic carbocycles. The second-order valence-electron chi connectivity index (χ2n) is 2.59. The van der Waals surface area contributed by atoms with Crippen LogP contribution >= 0.6 is 11.6 Å². The standard InChI is InChI=1S/C6H9ClF2N4/c1-13-3-4(2-11-13)5(12-10)6(7,8)9/h2-3,5,12H,10H2,1H3. The van der Waals surface area contributed by atoms with Crippen LogP contribution in [0.1, 0.15) is 11.6 Å². The Morgan fingerprint density at radius 1 is 1.77 bits per heavy atom. The Balaban J connectivity index is 2.91. The van der Waals surface area contributed by atoms with Crippen LogP contribution in [0, 0.1) is 0 Å². The average molecular weight is 211 g/mol. The van der Waals surface area contributed by atoms with E-state index in [1.165, 1.54) is 17.1 Å². The summed E-state index contributed by atoms with van der Waals surface area (Å²) in [5, 5.41) is 0.295. The third kappa shape index (κ3) is 2.36. The highest BCUT2D eigenvalue weighted by Gasteiger charge is 2.38. The minimum absolute atomic E-state index is 0.241. The van der Waals surface area contributed by atoms with E-state index in [4.69, 9.17) is 17.4 Å². The van der Waals surface area contributed by atoms with E-state index >= 15 is 0 Å². The quantitative estimate of drug-likeness (QED) is 0.440. The van der Waals surface area contributed by atoms with Crippen molar-refractivity contribution in [3.63, 3.8) is 0 Å². The van der Waals surface area contributed by atoms with Crippen LogP contribution in [0.4, 0.5) is 8.78 Å². The molecule has 1 aromatic rings. The molecule has 3 N–H and O–H groups in total. The molecule has 0 saturated heterocycles. The number of aryl methyl sites for hydroxylation is 1. The SMILES string of the molecule is Cn1cc(C(NN)C(F)(F)Cl)cn1. The van der Waals surface area contributed by atoms with Gasteiger partial charge >= 0.3 is 5.38 Å². The lowest BCUT2D eigenvalue weighted by Gasteiger charge is -2.18. The van der Waals surface area contributed by atoms with Crippen molar-refractivity contribution in [3.05, 3.63) is 18.0 Å². The molecule has 1 heterocycles. The van der Waals surface area contributed by atoms with Crippen molar-refractivity contribution in [2.45, 2.75) is 11.4 Å². The molecule has 1 rings (SSSR count). The van der Waals surface area contributed by atoms with Crippen LogP contribution < -0.4 is 11.3 Å². The summed E-state index contributed by atoms with van der Waals surface area (Å²) in [6.45, 7) is 0. The van der Waals surface area contributed by atoms with Crippen LogP contribution in [0.15, 0.2) is 12.4 Å². The Morgan fingerprint density at radius 2 is 2.38 bits per heavy atom. The van der Waals surface area contributed by atoms with Gasteiger partial charge in [-0.25, -0.2) is 5.43 Å². The monoisotopic (exact) mass is 210 g/mol. The van der Waals surface area contributed by atoms with Crippen LogP contribution in [0.25, 0.3) is 0 Å². The third-order valence-electron chi connectivity index (χ3n) is 1.55. The van der Waals surface area contributed by atoms with Gasteiger partial charge in [-0.05, 0) is 11.6 Å². The van der Waals surface area contributed by atoms with E-state index in [2.05, 4.69) is 5.10 Å². The summed E-state index contributed by atoms with van der Waals surface area (Å²) in [6.07, 6.45) is 2.70. The number of rotatable bonds is 3. The fourth-order valence-electron chi connectivity index (χ4n) is 0.969. The van der Waals surface area contributed by atoms with Gasteiger partial charge in [0.05, 0.1) is 6.20 Å². The van der Waals surface area contributed by atoms with Crippen molar-refractivity contribution in [2.75, 3.05) is 0 Å². The fraction of sp³-hybridized carbons (Fsp3) is 0.500. The van der Waals surface area contributed by atoms with Crippen molar-refractivity contribution < 1.29 is 8.78 Å². The van der Waals surface area contributed by atoms with Crippen molar-refractivity contribution in [3.8, 4) is 0 Å². The zero-order valence-electron chi connectivity index (χ0n) is 6.84. The zero-order valence-corrected chi connectivity index (χ0v) is 7.59. The molecular formula is C6H9ClF2N4. The average Bonchev–Trinajstić information content (AvgIpc) is 2.34. The maximum Gasteiger partial charge on any atom is 0.342 e. The summed E-state index contributed by atoms with van der Waals surface area (Å²) in [5.74, 6) is 4.95. The van der Waals surface area contributed by atoms with E-state index in [0.29, 0.717) is 0 Å². The van der Waals surface area contributed by atoms with E-state index < -0.39 is 11.4 Å². The predicted molar refractivity (Wildman–Crippen MR) is 44.1 cm³/mol. The molecule has 0 bridgehead atoms. The van der Waals surface area contributed by atoms with Gasteiger partial charge < -0.3 is 0 Å². The largest absolute Gasteiger partial charge is 0.342 e. The molecule has 0 radical (unpaired) electrons. The van der Waals surface area contributed by atoms with E-state index in [-0.39, 0.29) is 5.56 Å². The molecule has 0 spiro atoms. The number of nitrogens with one attached hydrogen (secondary N) is 1. The molecule has 13 heavy (non-hydrogen) atoms.